The molecule has 0 saturated carbocycles. The number of nitrogens with zero attached hydrogens (tertiary/aromatic N) is 3. The summed E-state index contributed by atoms with van der Waals surface area (Å²) in [7, 11) is 8.64. The second kappa shape index (κ2) is 31.8. The predicted molar refractivity (Wildman–Crippen MR) is 88.1 cm³/mol. The van der Waals surface area contributed by atoms with E-state index in [1.807, 2.05) is 20.2 Å². The maximum absolute atomic E-state index is 9.05. The Morgan fingerprint density at radius 2 is 1.70 bits per heavy atom. The van der Waals surface area contributed by atoms with Crippen LogP contribution in [0.1, 0.15) is 19.0 Å². The number of aromatic nitrogens is 3. The van der Waals surface area contributed by atoms with Gasteiger partial charge in [-0.1, -0.05) is 33.7 Å². The quantitative estimate of drug-likeness (QED) is 0.564. The molecule has 5 nitrogen and oxygen atoms in total. The van der Waals surface area contributed by atoms with Crippen molar-refractivity contribution in [3.8, 4) is 0 Å². The van der Waals surface area contributed by atoms with E-state index in [9.17, 15) is 0 Å². The van der Waals surface area contributed by atoms with Gasteiger partial charge in [0.2, 0.25) is 0 Å². The van der Waals surface area contributed by atoms with E-state index in [1.165, 1.54) is 0 Å². The average molecular weight is 398 g/mol. The average Bonchev–Trinajstić information content (AvgIpc) is 2.75. The molecule has 0 fully saturated rings. The Balaban J connectivity index is -0.0000000516. The van der Waals surface area contributed by atoms with Gasteiger partial charge in [-0.3, -0.25) is 11.0 Å². The topological polar surface area (TPSA) is 57.0 Å². The molecule has 1 heterocycles. The second-order valence-corrected chi connectivity index (χ2v) is 5.44. The molecule has 0 spiro atoms. The first-order valence-electron chi connectivity index (χ1n) is 5.18. The van der Waals surface area contributed by atoms with Crippen LogP contribution >= 0.6 is 21.6 Å². The molecule has 0 unspecified atom stereocenters. The molecule has 0 amide bonds. The van der Waals surface area contributed by atoms with E-state index < -0.39 is 0 Å². The summed E-state index contributed by atoms with van der Waals surface area (Å²) >= 11 is 0. The first-order valence-corrected chi connectivity index (χ1v) is 8.15. The zero-order valence-corrected chi connectivity index (χ0v) is 18.3. The number of rotatable bonds is 2. The van der Waals surface area contributed by atoms with Crippen molar-refractivity contribution in [1.29, 1.82) is 0 Å². The van der Waals surface area contributed by atoms with Gasteiger partial charge in [-0.25, -0.2) is 0 Å². The Morgan fingerprint density at radius 1 is 1.35 bits per heavy atom. The van der Waals surface area contributed by atoms with Crippen LogP contribution in [-0.2, 0) is 49.3 Å². The van der Waals surface area contributed by atoms with Gasteiger partial charge in [-0.15, -0.1) is 5.10 Å². The summed E-state index contributed by atoms with van der Waals surface area (Å²) in [5.41, 5.74) is 0.961. The van der Waals surface area contributed by atoms with E-state index in [2.05, 4.69) is 27.6 Å². The maximum atomic E-state index is 9.05. The van der Waals surface area contributed by atoms with Gasteiger partial charge in [0.25, 0.3) is 0 Å². The molecule has 1 rings (SSSR count). The molecule has 0 aliphatic rings. The molecule has 1 radical (unpaired) electrons. The zero-order chi connectivity index (χ0) is 14.8. The second-order valence-electron chi connectivity index (χ2n) is 2.77. The predicted octanol–water partition coefficient (Wildman–Crippen LogP) is 2.97. The SMILES string of the molecule is CC[C-]=O.COC.CSSC.Cc1cn(C)nn1.[CH3-].[Y]. The summed E-state index contributed by atoms with van der Waals surface area (Å²) in [4.78, 5) is 9.05. The van der Waals surface area contributed by atoms with Crippen molar-refractivity contribution in [2.24, 2.45) is 7.05 Å². The summed E-state index contributed by atoms with van der Waals surface area (Å²) in [5.74, 6) is 0. The number of carbonyl (C=O) groups excluding carboxylic acids is 1. The van der Waals surface area contributed by atoms with Crippen LogP contribution in [0.15, 0.2) is 6.20 Å². The number of ether oxygens (including phenoxy) is 1. The van der Waals surface area contributed by atoms with Crippen molar-refractivity contribution in [2.75, 3.05) is 26.7 Å². The molecule has 1 aromatic heterocycles. The molecule has 0 bridgehead atoms. The molecule has 8 heteroatoms. The Kier molecular flexibility index (Phi) is 51.7. The van der Waals surface area contributed by atoms with Crippen LogP contribution in [-0.4, -0.2) is 48.0 Å². The summed E-state index contributed by atoms with van der Waals surface area (Å²) < 4.78 is 5.93. The van der Waals surface area contributed by atoms with Crippen LogP contribution in [0.25, 0.3) is 0 Å². The fourth-order valence-corrected chi connectivity index (χ4v) is 0.463. The molecule has 0 aliphatic heterocycles. The number of hydrogen-bond donors (Lipinski definition) is 0. The van der Waals surface area contributed by atoms with Crippen LogP contribution in [0.5, 0.6) is 0 Å². The van der Waals surface area contributed by atoms with Gasteiger partial charge >= 0.3 is 0 Å². The Hall–Kier alpha value is 0.574. The van der Waals surface area contributed by atoms with Crippen molar-refractivity contribution in [1.82, 2.24) is 15.0 Å². The van der Waals surface area contributed by atoms with Crippen LogP contribution in [0.2, 0.25) is 0 Å². The van der Waals surface area contributed by atoms with E-state index >= 15 is 0 Å². The molecule has 0 saturated heterocycles. The van der Waals surface area contributed by atoms with Gasteiger partial charge in [0.1, 0.15) is 0 Å². The molecule has 119 valence electrons. The van der Waals surface area contributed by atoms with Crippen molar-refractivity contribution in [3.63, 3.8) is 0 Å². The van der Waals surface area contributed by atoms with E-state index in [-0.39, 0.29) is 40.1 Å². The van der Waals surface area contributed by atoms with Gasteiger partial charge in [-0.05, 0) is 19.4 Å². The molecule has 20 heavy (non-hydrogen) atoms. The first-order chi connectivity index (χ1) is 8.53. The van der Waals surface area contributed by atoms with Crippen LogP contribution in [0.4, 0.5) is 0 Å². The van der Waals surface area contributed by atoms with Gasteiger partial charge in [0, 0.05) is 60.2 Å². The molecular weight excluding hydrogens is 371 g/mol. The number of methoxy groups -OCH3 is 1. The third kappa shape index (κ3) is 42.8. The van der Waals surface area contributed by atoms with Gasteiger partial charge in [-0.2, -0.15) is 6.42 Å². The van der Waals surface area contributed by atoms with E-state index in [0.717, 1.165) is 5.69 Å². The zero-order valence-electron chi connectivity index (χ0n) is 13.8. The minimum atomic E-state index is 0. The number of aryl methyl sites for hydroxylation is 2. The van der Waals surface area contributed by atoms with Crippen molar-refractivity contribution >= 4 is 27.9 Å². The summed E-state index contributed by atoms with van der Waals surface area (Å²) in [6.07, 6.45) is 8.18. The summed E-state index contributed by atoms with van der Waals surface area (Å²) in [6, 6.07) is 0. The van der Waals surface area contributed by atoms with E-state index in [0.29, 0.717) is 6.42 Å². The smallest absolute Gasteiger partial charge is 0.0796 e. The largest absolute Gasteiger partial charge is 0.542 e. The molecular formula is C12H27N3O2S2Y-2. The maximum Gasteiger partial charge on any atom is 0.0796 e. The summed E-state index contributed by atoms with van der Waals surface area (Å²) in [6.45, 7) is 3.67. The third-order valence-electron chi connectivity index (χ3n) is 1.03. The fourth-order valence-electron chi connectivity index (χ4n) is 0.463. The van der Waals surface area contributed by atoms with Gasteiger partial charge < -0.3 is 17.0 Å². The van der Waals surface area contributed by atoms with E-state index in [1.54, 1.807) is 53.7 Å². The van der Waals surface area contributed by atoms with Crippen LogP contribution in [0, 0.1) is 14.4 Å². The molecule has 0 aliphatic carbocycles. The van der Waals surface area contributed by atoms with E-state index in [4.69, 9.17) is 4.79 Å². The minimum Gasteiger partial charge on any atom is -0.542 e. The molecule has 0 atom stereocenters. The monoisotopic (exact) mass is 398 g/mol. The molecule has 1 aromatic rings. The third-order valence-corrected chi connectivity index (χ3v) is 2.36. The standard InChI is InChI=1S/C4H7N3.C3H5O.C2H6O.C2H6S2.CH3.Y/c1-4-3-7(2)6-5-4;1-2-3-4;1-3-2;1-3-4-2;;/h3H,1-2H3;2H2,1H3;1-2H3;1-2H3;1H3;/q;-1;;;-1;. The van der Waals surface area contributed by atoms with Crippen molar-refractivity contribution < 1.29 is 42.2 Å². The van der Waals surface area contributed by atoms with Gasteiger partial charge in [0.05, 0.1) is 5.69 Å². The van der Waals surface area contributed by atoms with Crippen molar-refractivity contribution in [2.45, 2.75) is 20.3 Å². The summed E-state index contributed by atoms with van der Waals surface area (Å²) in [5, 5.41) is 7.41. The number of hydrogen-bond acceptors (Lipinski definition) is 6. The fraction of sp³-hybridized carbons (Fsp3) is 0.667. The van der Waals surface area contributed by atoms with Crippen molar-refractivity contribution in [3.05, 3.63) is 19.3 Å². The Bertz CT molecular complexity index is 246. The normalized spacial score (nSPS) is 6.95. The Morgan fingerprint density at radius 3 is 1.75 bits per heavy atom. The Labute approximate surface area is 157 Å². The van der Waals surface area contributed by atoms with Crippen LogP contribution in [0.3, 0.4) is 0 Å². The molecule has 0 aromatic carbocycles. The van der Waals surface area contributed by atoms with Gasteiger partial charge in [0.15, 0.2) is 0 Å². The van der Waals surface area contributed by atoms with Crippen LogP contribution < -0.4 is 0 Å². The first kappa shape index (κ1) is 32.5. The minimum absolute atomic E-state index is 0. The molecule has 0 N–H and O–H groups in total.